The Morgan fingerprint density at radius 2 is 2.06 bits per heavy atom. The van der Waals surface area contributed by atoms with E-state index >= 15 is 0 Å². The molecular formula is C12H24N2O2. The van der Waals surface area contributed by atoms with Gasteiger partial charge in [0.1, 0.15) is 0 Å². The monoisotopic (exact) mass is 228 g/mol. The van der Waals surface area contributed by atoms with E-state index < -0.39 is 5.54 Å². The second-order valence-corrected chi connectivity index (χ2v) is 4.83. The van der Waals surface area contributed by atoms with Crippen LogP contribution in [0, 0.1) is 0 Å². The van der Waals surface area contributed by atoms with E-state index in [4.69, 9.17) is 10.5 Å². The molecule has 0 aromatic rings. The van der Waals surface area contributed by atoms with Crippen molar-refractivity contribution in [3.8, 4) is 0 Å². The van der Waals surface area contributed by atoms with Gasteiger partial charge < -0.3 is 15.8 Å². The van der Waals surface area contributed by atoms with Crippen molar-refractivity contribution in [2.45, 2.75) is 57.1 Å². The maximum atomic E-state index is 11.2. The Morgan fingerprint density at radius 3 is 2.56 bits per heavy atom. The third-order valence-corrected chi connectivity index (χ3v) is 3.60. The number of nitrogens with two attached hydrogens (primary N) is 1. The van der Waals surface area contributed by atoms with Gasteiger partial charge >= 0.3 is 0 Å². The van der Waals surface area contributed by atoms with Gasteiger partial charge in [0.05, 0.1) is 11.6 Å². The van der Waals surface area contributed by atoms with Crippen LogP contribution in [0.3, 0.4) is 0 Å². The molecule has 0 saturated heterocycles. The van der Waals surface area contributed by atoms with Gasteiger partial charge in [0.15, 0.2) is 0 Å². The largest absolute Gasteiger partial charge is 0.378 e. The molecule has 16 heavy (non-hydrogen) atoms. The summed E-state index contributed by atoms with van der Waals surface area (Å²) in [7, 11) is 1.76. The number of ether oxygens (including phenoxy) is 1. The van der Waals surface area contributed by atoms with Crippen LogP contribution in [0.5, 0.6) is 0 Å². The van der Waals surface area contributed by atoms with Crippen molar-refractivity contribution >= 4 is 5.91 Å². The lowest BCUT2D eigenvalue weighted by Gasteiger charge is -2.27. The predicted molar refractivity (Wildman–Crippen MR) is 64.1 cm³/mol. The third kappa shape index (κ3) is 3.76. The van der Waals surface area contributed by atoms with Crippen LogP contribution >= 0.6 is 0 Å². The van der Waals surface area contributed by atoms with Gasteiger partial charge in [-0.05, 0) is 33.2 Å². The van der Waals surface area contributed by atoms with Gasteiger partial charge in [-0.25, -0.2) is 0 Å². The summed E-state index contributed by atoms with van der Waals surface area (Å²) in [6.45, 7) is 2.42. The Kier molecular flexibility index (Phi) is 5.22. The van der Waals surface area contributed by atoms with E-state index in [-0.39, 0.29) is 5.91 Å². The van der Waals surface area contributed by atoms with Crippen molar-refractivity contribution in [2.75, 3.05) is 13.7 Å². The number of carbonyl (C=O) groups is 1. The topological polar surface area (TPSA) is 64.3 Å². The summed E-state index contributed by atoms with van der Waals surface area (Å²) in [6, 6.07) is 0. The zero-order valence-electron chi connectivity index (χ0n) is 10.4. The van der Waals surface area contributed by atoms with Crippen LogP contribution in [0.15, 0.2) is 0 Å². The van der Waals surface area contributed by atoms with Gasteiger partial charge in [0, 0.05) is 6.61 Å². The minimum Gasteiger partial charge on any atom is -0.378 e. The molecule has 0 aromatic heterocycles. The molecule has 1 atom stereocenters. The normalized spacial score (nSPS) is 21.6. The summed E-state index contributed by atoms with van der Waals surface area (Å²) in [6.07, 6.45) is 7.21. The first-order valence-electron chi connectivity index (χ1n) is 6.19. The molecule has 4 nitrogen and oxygen atoms in total. The summed E-state index contributed by atoms with van der Waals surface area (Å²) in [5, 5.41) is 2.96. The number of amides is 1. The fourth-order valence-corrected chi connectivity index (χ4v) is 2.03. The van der Waals surface area contributed by atoms with Crippen molar-refractivity contribution < 1.29 is 9.53 Å². The lowest BCUT2D eigenvalue weighted by Crippen LogP contribution is -2.52. The summed E-state index contributed by atoms with van der Waals surface area (Å²) in [5.74, 6) is -0.317. The van der Waals surface area contributed by atoms with E-state index in [2.05, 4.69) is 5.32 Å². The summed E-state index contributed by atoms with van der Waals surface area (Å²) < 4.78 is 5.78. The molecule has 1 rings (SSSR count). The predicted octanol–water partition coefficient (Wildman–Crippen LogP) is 1.19. The van der Waals surface area contributed by atoms with Crippen molar-refractivity contribution in [1.29, 1.82) is 0 Å². The molecule has 0 aliphatic heterocycles. The molecule has 1 fully saturated rings. The van der Waals surface area contributed by atoms with Gasteiger partial charge in [0.25, 0.3) is 0 Å². The minimum atomic E-state index is -0.644. The van der Waals surface area contributed by atoms with Gasteiger partial charge in [-0.15, -0.1) is 0 Å². The Bertz CT molecular complexity index is 227. The van der Waals surface area contributed by atoms with E-state index in [1.807, 2.05) is 6.92 Å². The van der Waals surface area contributed by atoms with Crippen LogP contribution in [-0.2, 0) is 9.53 Å². The first-order chi connectivity index (χ1) is 7.58. The van der Waals surface area contributed by atoms with Crippen molar-refractivity contribution in [3.05, 3.63) is 0 Å². The van der Waals surface area contributed by atoms with E-state index in [1.165, 1.54) is 19.3 Å². The number of primary amides is 1. The number of hydrogen-bond acceptors (Lipinski definition) is 3. The Morgan fingerprint density at radius 1 is 1.44 bits per heavy atom. The standard InChI is InChI=1S/C12H24N2O2/c1-12(14-2,11(13)15)8-9-16-10-6-4-3-5-7-10/h10,14H,3-9H2,1-2H3,(H2,13,15). The number of nitrogens with one attached hydrogen (secondary N) is 1. The van der Waals surface area contributed by atoms with Gasteiger partial charge in [-0.1, -0.05) is 19.3 Å². The van der Waals surface area contributed by atoms with E-state index in [0.29, 0.717) is 19.1 Å². The molecular weight excluding hydrogens is 204 g/mol. The van der Waals surface area contributed by atoms with Crippen molar-refractivity contribution in [2.24, 2.45) is 5.73 Å². The Labute approximate surface area is 97.9 Å². The molecule has 3 N–H and O–H groups in total. The van der Waals surface area contributed by atoms with Gasteiger partial charge in [0.2, 0.25) is 5.91 Å². The molecule has 0 bridgehead atoms. The molecule has 0 heterocycles. The fourth-order valence-electron chi connectivity index (χ4n) is 2.03. The highest BCUT2D eigenvalue weighted by Gasteiger charge is 2.28. The average molecular weight is 228 g/mol. The van der Waals surface area contributed by atoms with Crippen LogP contribution in [0.2, 0.25) is 0 Å². The van der Waals surface area contributed by atoms with Crippen LogP contribution in [0.25, 0.3) is 0 Å². The molecule has 1 amide bonds. The lowest BCUT2D eigenvalue weighted by atomic mass is 9.96. The zero-order chi connectivity index (χ0) is 12.0. The fraction of sp³-hybridized carbons (Fsp3) is 0.917. The van der Waals surface area contributed by atoms with E-state index in [1.54, 1.807) is 7.05 Å². The molecule has 1 aliphatic carbocycles. The molecule has 4 heteroatoms. The average Bonchev–Trinajstić information content (AvgIpc) is 2.30. The molecule has 94 valence electrons. The van der Waals surface area contributed by atoms with Crippen molar-refractivity contribution in [1.82, 2.24) is 5.32 Å². The zero-order valence-corrected chi connectivity index (χ0v) is 10.4. The second-order valence-electron chi connectivity index (χ2n) is 4.83. The minimum absolute atomic E-state index is 0.317. The summed E-state index contributed by atoms with van der Waals surface area (Å²) in [4.78, 5) is 11.2. The van der Waals surface area contributed by atoms with Crippen LogP contribution in [-0.4, -0.2) is 31.2 Å². The smallest absolute Gasteiger partial charge is 0.237 e. The summed E-state index contributed by atoms with van der Waals surface area (Å²) in [5.41, 5.74) is 4.70. The Hall–Kier alpha value is -0.610. The Balaban J connectivity index is 2.25. The molecule has 1 saturated carbocycles. The number of rotatable bonds is 6. The molecule has 1 unspecified atom stereocenters. The second kappa shape index (κ2) is 6.21. The van der Waals surface area contributed by atoms with Crippen LogP contribution in [0.4, 0.5) is 0 Å². The summed E-state index contributed by atoms with van der Waals surface area (Å²) >= 11 is 0. The molecule has 1 aliphatic rings. The lowest BCUT2D eigenvalue weighted by molar-refractivity contribution is -0.124. The first-order valence-corrected chi connectivity index (χ1v) is 6.19. The van der Waals surface area contributed by atoms with E-state index in [9.17, 15) is 4.79 Å². The highest BCUT2D eigenvalue weighted by atomic mass is 16.5. The molecule has 0 spiro atoms. The third-order valence-electron chi connectivity index (χ3n) is 3.60. The van der Waals surface area contributed by atoms with Crippen LogP contribution < -0.4 is 11.1 Å². The molecule has 0 aromatic carbocycles. The van der Waals surface area contributed by atoms with Gasteiger partial charge in [-0.2, -0.15) is 0 Å². The number of carbonyl (C=O) groups excluding carboxylic acids is 1. The SMILES string of the molecule is CNC(C)(CCOC1CCCCC1)C(N)=O. The van der Waals surface area contributed by atoms with Crippen molar-refractivity contribution in [3.63, 3.8) is 0 Å². The quantitative estimate of drug-likeness (QED) is 0.717. The maximum Gasteiger partial charge on any atom is 0.237 e. The first kappa shape index (κ1) is 13.5. The van der Waals surface area contributed by atoms with Gasteiger partial charge in [-0.3, -0.25) is 4.79 Å². The highest BCUT2D eigenvalue weighted by molar-refractivity contribution is 5.84. The highest BCUT2D eigenvalue weighted by Crippen LogP contribution is 2.21. The van der Waals surface area contributed by atoms with E-state index in [0.717, 1.165) is 12.8 Å². The maximum absolute atomic E-state index is 11.2. The molecule has 0 radical (unpaired) electrons. The number of likely N-dealkylation sites (N-methyl/N-ethyl adjacent to an activating group) is 1. The van der Waals surface area contributed by atoms with Crippen LogP contribution in [0.1, 0.15) is 45.4 Å². The number of hydrogen-bond donors (Lipinski definition) is 2.